The zero-order chi connectivity index (χ0) is 15.4. The van der Waals surface area contributed by atoms with Crippen LogP contribution in [0.25, 0.3) is 0 Å². The van der Waals surface area contributed by atoms with Crippen molar-refractivity contribution in [3.05, 3.63) is 35.9 Å². The van der Waals surface area contributed by atoms with E-state index in [1.165, 1.54) is 0 Å². The highest BCUT2D eigenvalue weighted by Crippen LogP contribution is 2.20. The van der Waals surface area contributed by atoms with E-state index in [9.17, 15) is 20.1 Å². The van der Waals surface area contributed by atoms with Crippen molar-refractivity contribution < 1.29 is 30.0 Å². The summed E-state index contributed by atoms with van der Waals surface area (Å²) in [6.07, 6.45) is -4.30. The predicted molar refractivity (Wildman–Crippen MR) is 72.5 cm³/mol. The summed E-state index contributed by atoms with van der Waals surface area (Å²) >= 11 is 0. The monoisotopic (exact) mass is 297 g/mol. The lowest BCUT2D eigenvalue weighted by Crippen LogP contribution is -2.49. The molecule has 116 valence electrons. The Kier molecular flexibility index (Phi) is 5.27. The van der Waals surface area contributed by atoms with Gasteiger partial charge >= 0.3 is 5.97 Å². The van der Waals surface area contributed by atoms with E-state index in [0.717, 1.165) is 5.56 Å². The third-order valence-electron chi connectivity index (χ3n) is 3.49. The summed E-state index contributed by atoms with van der Waals surface area (Å²) in [4.78, 5) is 11.3. The number of aliphatic hydroxyl groups excluding tert-OH is 3. The Labute approximate surface area is 121 Å². The van der Waals surface area contributed by atoms with Crippen molar-refractivity contribution in [2.24, 2.45) is 0 Å². The quantitative estimate of drug-likeness (QED) is 0.443. The zero-order valence-electron chi connectivity index (χ0n) is 11.3. The van der Waals surface area contributed by atoms with Gasteiger partial charge in [0, 0.05) is 0 Å². The van der Waals surface area contributed by atoms with Crippen LogP contribution in [0.4, 0.5) is 0 Å². The molecule has 5 atom stereocenters. The first kappa shape index (κ1) is 15.9. The van der Waals surface area contributed by atoms with Crippen LogP contribution >= 0.6 is 0 Å². The molecule has 7 nitrogen and oxygen atoms in total. The van der Waals surface area contributed by atoms with Crippen molar-refractivity contribution >= 4 is 5.97 Å². The summed E-state index contributed by atoms with van der Waals surface area (Å²) in [5.41, 5.74) is 0.823. The number of hydrogen-bond acceptors (Lipinski definition) is 6. The number of aliphatic carboxylic acids is 1. The molecular weight excluding hydrogens is 278 g/mol. The minimum Gasteiger partial charge on any atom is -0.480 e. The summed E-state index contributed by atoms with van der Waals surface area (Å²) in [7, 11) is 0. The lowest BCUT2D eigenvalue weighted by Gasteiger charge is -2.22. The summed E-state index contributed by atoms with van der Waals surface area (Å²) in [5.74, 6) is -1.09. The number of benzene rings is 1. The van der Waals surface area contributed by atoms with Gasteiger partial charge in [-0.1, -0.05) is 30.3 Å². The minimum atomic E-state index is -1.29. The molecule has 1 heterocycles. The van der Waals surface area contributed by atoms with E-state index in [4.69, 9.17) is 9.84 Å². The molecule has 1 aliphatic heterocycles. The number of rotatable bonds is 6. The topological polar surface area (TPSA) is 119 Å². The maximum Gasteiger partial charge on any atom is 0.321 e. The van der Waals surface area contributed by atoms with Crippen LogP contribution in [0.15, 0.2) is 30.3 Å². The normalized spacial score (nSPS) is 30.2. The van der Waals surface area contributed by atoms with Gasteiger partial charge in [0.1, 0.15) is 30.6 Å². The van der Waals surface area contributed by atoms with Gasteiger partial charge < -0.3 is 25.2 Å². The third kappa shape index (κ3) is 3.78. The maximum atomic E-state index is 11.3. The first-order valence-electron chi connectivity index (χ1n) is 6.68. The molecule has 0 bridgehead atoms. The summed E-state index contributed by atoms with van der Waals surface area (Å²) in [5, 5.41) is 40.4. The fraction of sp³-hybridized carbons (Fsp3) is 0.500. The lowest BCUT2D eigenvalue weighted by atomic mass is 10.1. The van der Waals surface area contributed by atoms with E-state index in [1.807, 2.05) is 6.07 Å². The van der Waals surface area contributed by atoms with Crippen molar-refractivity contribution in [2.75, 3.05) is 6.61 Å². The molecule has 21 heavy (non-hydrogen) atoms. The minimum absolute atomic E-state index is 0.211. The van der Waals surface area contributed by atoms with E-state index >= 15 is 0 Å². The molecule has 2 rings (SSSR count). The Morgan fingerprint density at radius 2 is 1.90 bits per heavy atom. The largest absolute Gasteiger partial charge is 0.480 e. The molecule has 7 heteroatoms. The van der Waals surface area contributed by atoms with Crippen LogP contribution in [-0.2, 0) is 16.0 Å². The van der Waals surface area contributed by atoms with Gasteiger partial charge in [-0.25, -0.2) is 0 Å². The summed E-state index contributed by atoms with van der Waals surface area (Å²) < 4.78 is 5.23. The smallest absolute Gasteiger partial charge is 0.321 e. The Balaban J connectivity index is 2.02. The summed E-state index contributed by atoms with van der Waals surface area (Å²) in [6, 6.07) is 8.07. The van der Waals surface area contributed by atoms with Crippen molar-refractivity contribution in [1.29, 1.82) is 0 Å². The average molecular weight is 297 g/mol. The summed E-state index contributed by atoms with van der Waals surface area (Å²) in [6.45, 7) is -0.452. The van der Waals surface area contributed by atoms with Gasteiger partial charge in [0.25, 0.3) is 0 Å². The number of ether oxygens (including phenoxy) is 1. The maximum absolute atomic E-state index is 11.3. The molecule has 1 aromatic rings. The molecule has 0 unspecified atom stereocenters. The van der Waals surface area contributed by atoms with Gasteiger partial charge in [-0.05, 0) is 12.0 Å². The fourth-order valence-electron chi connectivity index (χ4n) is 2.30. The van der Waals surface area contributed by atoms with Gasteiger partial charge in [0.15, 0.2) is 0 Å². The number of hydrogen-bond donors (Lipinski definition) is 5. The van der Waals surface area contributed by atoms with Crippen LogP contribution < -0.4 is 5.32 Å². The Morgan fingerprint density at radius 1 is 1.24 bits per heavy atom. The molecule has 1 saturated heterocycles. The van der Waals surface area contributed by atoms with E-state index in [0.29, 0.717) is 0 Å². The highest BCUT2D eigenvalue weighted by molar-refractivity contribution is 5.74. The van der Waals surface area contributed by atoms with E-state index < -0.39 is 43.2 Å². The van der Waals surface area contributed by atoms with E-state index in [2.05, 4.69) is 5.32 Å². The molecule has 0 saturated carbocycles. The molecule has 5 N–H and O–H groups in total. The van der Waals surface area contributed by atoms with Crippen LogP contribution in [0.2, 0.25) is 0 Å². The van der Waals surface area contributed by atoms with Crippen molar-refractivity contribution in [3.8, 4) is 0 Å². The van der Waals surface area contributed by atoms with E-state index in [1.54, 1.807) is 24.3 Å². The molecule has 0 amide bonds. The molecule has 1 aliphatic rings. The predicted octanol–water partition coefficient (Wildman–Crippen LogP) is -1.29. The first-order chi connectivity index (χ1) is 10.0. The van der Waals surface area contributed by atoms with Gasteiger partial charge in [0.05, 0.1) is 6.61 Å². The van der Waals surface area contributed by atoms with Crippen molar-refractivity contribution in [1.82, 2.24) is 5.32 Å². The number of carboxylic acid groups (broad SMARTS) is 1. The van der Waals surface area contributed by atoms with Gasteiger partial charge in [-0.15, -0.1) is 0 Å². The van der Waals surface area contributed by atoms with Crippen molar-refractivity contribution in [3.63, 3.8) is 0 Å². The Bertz CT molecular complexity index is 468. The van der Waals surface area contributed by atoms with Crippen LogP contribution in [0, 0.1) is 0 Å². The van der Waals surface area contributed by atoms with Gasteiger partial charge in [-0.2, -0.15) is 0 Å². The van der Waals surface area contributed by atoms with E-state index in [-0.39, 0.29) is 6.42 Å². The average Bonchev–Trinajstić information content (AvgIpc) is 2.75. The number of nitrogens with one attached hydrogen (secondary N) is 1. The second kappa shape index (κ2) is 6.97. The molecule has 1 aromatic carbocycles. The molecule has 0 aliphatic carbocycles. The van der Waals surface area contributed by atoms with Crippen LogP contribution in [0.3, 0.4) is 0 Å². The second-order valence-electron chi connectivity index (χ2n) is 5.01. The highest BCUT2D eigenvalue weighted by atomic mass is 16.6. The molecular formula is C14H19NO6. The van der Waals surface area contributed by atoms with Crippen LogP contribution in [0.1, 0.15) is 5.56 Å². The molecule has 0 aromatic heterocycles. The molecule has 0 radical (unpaired) electrons. The highest BCUT2D eigenvalue weighted by Gasteiger charge is 2.43. The number of aliphatic hydroxyl groups is 3. The lowest BCUT2D eigenvalue weighted by molar-refractivity contribution is -0.141. The second-order valence-corrected chi connectivity index (χ2v) is 5.01. The van der Waals surface area contributed by atoms with Crippen LogP contribution in [0.5, 0.6) is 0 Å². The molecule has 0 spiro atoms. The Hall–Kier alpha value is -1.51. The fourth-order valence-corrected chi connectivity index (χ4v) is 2.30. The molecule has 1 fully saturated rings. The standard InChI is InChI=1S/C14H19NO6/c16-7-10-11(17)12(18)13(21-10)15-9(14(19)20)6-8-4-2-1-3-5-8/h1-5,9-13,15-18H,6-7H2,(H,19,20)/t9-,10-,11-,12+,13-/m0/s1. The number of carboxylic acids is 1. The Morgan fingerprint density at radius 3 is 2.43 bits per heavy atom. The number of carbonyl (C=O) groups is 1. The third-order valence-corrected chi connectivity index (χ3v) is 3.49. The first-order valence-corrected chi connectivity index (χ1v) is 6.68. The van der Waals surface area contributed by atoms with Gasteiger partial charge in [0.2, 0.25) is 0 Å². The SMILES string of the molecule is O=C(O)[C@H](Cc1ccccc1)N[C@H]1O[C@@H](CO)[C@H](O)[C@H]1O. The van der Waals surface area contributed by atoms with Crippen LogP contribution in [-0.4, -0.2) is 63.6 Å². The zero-order valence-corrected chi connectivity index (χ0v) is 11.3. The van der Waals surface area contributed by atoms with Crippen molar-refractivity contribution in [2.45, 2.75) is 37.0 Å². The van der Waals surface area contributed by atoms with Gasteiger partial charge in [-0.3, -0.25) is 10.1 Å².